The zero-order valence-electron chi connectivity index (χ0n) is 16.4. The first-order valence-electron chi connectivity index (χ1n) is 9.00. The van der Waals surface area contributed by atoms with Gasteiger partial charge in [-0.1, -0.05) is 0 Å². The van der Waals surface area contributed by atoms with Gasteiger partial charge in [0.15, 0.2) is 0 Å². The molecular weight excluding hydrogens is 439 g/mol. The van der Waals surface area contributed by atoms with Gasteiger partial charge < -0.3 is 4.90 Å². The van der Waals surface area contributed by atoms with Crippen molar-refractivity contribution in [2.75, 3.05) is 43.5 Å². The predicted molar refractivity (Wildman–Crippen MR) is 111 cm³/mol. The Labute approximate surface area is 178 Å². The van der Waals surface area contributed by atoms with E-state index < -0.39 is 15.7 Å². The van der Waals surface area contributed by atoms with Crippen LogP contribution in [0.4, 0.5) is 24.7 Å². The number of halogens is 3. The van der Waals surface area contributed by atoms with Crippen LogP contribution in [-0.4, -0.2) is 62.0 Å². The third-order valence-corrected chi connectivity index (χ3v) is 6.60. The molecule has 3 rings (SSSR count). The SMILES string of the molecule is CN(C)S(=O)(=O)Nc1cc(CN2CCN(c3ccc(SC(F)(F)F)cc3)C2)ccn1. The molecule has 0 atom stereocenters. The van der Waals surface area contributed by atoms with Crippen LogP contribution in [0, 0.1) is 0 Å². The monoisotopic (exact) mass is 461 g/mol. The van der Waals surface area contributed by atoms with Gasteiger partial charge in [0.2, 0.25) is 0 Å². The molecule has 0 bridgehead atoms. The van der Waals surface area contributed by atoms with E-state index in [9.17, 15) is 21.6 Å². The first-order chi connectivity index (χ1) is 14.0. The topological polar surface area (TPSA) is 68.8 Å². The molecule has 0 spiro atoms. The zero-order valence-corrected chi connectivity index (χ0v) is 18.1. The number of thioether (sulfide) groups is 1. The molecule has 0 aliphatic carbocycles. The molecule has 0 radical (unpaired) electrons. The van der Waals surface area contributed by atoms with Gasteiger partial charge in [-0.15, -0.1) is 0 Å². The Balaban J connectivity index is 1.59. The van der Waals surface area contributed by atoms with Crippen LogP contribution in [0.1, 0.15) is 5.56 Å². The summed E-state index contributed by atoms with van der Waals surface area (Å²) in [5.41, 5.74) is -2.53. The van der Waals surface area contributed by atoms with Crippen LogP contribution in [0.25, 0.3) is 0 Å². The van der Waals surface area contributed by atoms with E-state index in [1.165, 1.54) is 26.2 Å². The van der Waals surface area contributed by atoms with Gasteiger partial charge in [0.05, 0.1) is 6.67 Å². The van der Waals surface area contributed by atoms with E-state index in [1.807, 2.05) is 6.07 Å². The number of nitrogens with one attached hydrogen (secondary N) is 1. The van der Waals surface area contributed by atoms with Crippen LogP contribution in [-0.2, 0) is 16.8 Å². The van der Waals surface area contributed by atoms with Crippen molar-refractivity contribution in [3.05, 3.63) is 48.2 Å². The van der Waals surface area contributed by atoms with Crippen molar-refractivity contribution in [3.63, 3.8) is 0 Å². The highest BCUT2D eigenvalue weighted by Crippen LogP contribution is 2.37. The summed E-state index contributed by atoms with van der Waals surface area (Å²) >= 11 is -0.125. The molecule has 1 aliphatic rings. The number of aromatic nitrogens is 1. The van der Waals surface area contributed by atoms with Crippen molar-refractivity contribution >= 4 is 33.5 Å². The maximum absolute atomic E-state index is 12.5. The minimum absolute atomic E-state index is 0.125. The lowest BCUT2D eigenvalue weighted by atomic mass is 10.2. The smallest absolute Gasteiger partial charge is 0.357 e. The Hall–Kier alpha value is -2.02. The van der Waals surface area contributed by atoms with Gasteiger partial charge in [0.25, 0.3) is 0 Å². The second kappa shape index (κ2) is 9.00. The third kappa shape index (κ3) is 6.24. The summed E-state index contributed by atoms with van der Waals surface area (Å²) in [5.74, 6) is 0.245. The Morgan fingerprint density at radius 1 is 1.17 bits per heavy atom. The van der Waals surface area contributed by atoms with Crippen LogP contribution < -0.4 is 9.62 Å². The number of hydrogen-bond acceptors (Lipinski definition) is 6. The van der Waals surface area contributed by atoms with E-state index >= 15 is 0 Å². The number of rotatable bonds is 7. The number of hydrogen-bond donors (Lipinski definition) is 1. The largest absolute Gasteiger partial charge is 0.446 e. The number of pyridine rings is 1. The number of alkyl halides is 3. The molecule has 0 amide bonds. The molecule has 2 heterocycles. The van der Waals surface area contributed by atoms with E-state index in [4.69, 9.17) is 0 Å². The lowest BCUT2D eigenvalue weighted by molar-refractivity contribution is -0.0328. The van der Waals surface area contributed by atoms with Crippen molar-refractivity contribution in [1.82, 2.24) is 14.2 Å². The molecular formula is C18H22F3N5O2S2. The summed E-state index contributed by atoms with van der Waals surface area (Å²) in [7, 11) is -0.768. The van der Waals surface area contributed by atoms with Gasteiger partial charge >= 0.3 is 15.7 Å². The van der Waals surface area contributed by atoms with Crippen LogP contribution >= 0.6 is 11.8 Å². The van der Waals surface area contributed by atoms with Gasteiger partial charge in [-0.25, -0.2) is 4.98 Å². The highest BCUT2D eigenvalue weighted by atomic mass is 32.2. The van der Waals surface area contributed by atoms with Crippen LogP contribution in [0.2, 0.25) is 0 Å². The Morgan fingerprint density at radius 2 is 1.87 bits per heavy atom. The van der Waals surface area contributed by atoms with E-state index in [0.29, 0.717) is 13.2 Å². The fourth-order valence-corrected chi connectivity index (χ4v) is 4.05. The maximum Gasteiger partial charge on any atom is 0.446 e. The Bertz CT molecular complexity index is 969. The van der Waals surface area contributed by atoms with E-state index in [-0.39, 0.29) is 22.5 Å². The quantitative estimate of drug-likeness (QED) is 0.639. The summed E-state index contributed by atoms with van der Waals surface area (Å²) in [6.07, 6.45) is 1.55. The minimum Gasteiger partial charge on any atom is -0.357 e. The van der Waals surface area contributed by atoms with Crippen LogP contribution in [0.3, 0.4) is 0 Å². The summed E-state index contributed by atoms with van der Waals surface area (Å²) in [6, 6.07) is 9.84. The van der Waals surface area contributed by atoms with Gasteiger partial charge in [-0.05, 0) is 53.7 Å². The predicted octanol–water partition coefficient (Wildman–Crippen LogP) is 3.19. The number of anilines is 2. The normalized spacial score (nSPS) is 15.7. The van der Waals surface area contributed by atoms with Gasteiger partial charge in [0.1, 0.15) is 5.82 Å². The number of benzene rings is 1. The van der Waals surface area contributed by atoms with Crippen molar-refractivity contribution in [1.29, 1.82) is 0 Å². The summed E-state index contributed by atoms with van der Waals surface area (Å²) in [4.78, 5) is 8.46. The van der Waals surface area contributed by atoms with E-state index in [1.54, 1.807) is 24.4 Å². The summed E-state index contributed by atoms with van der Waals surface area (Å²) in [6.45, 7) is 2.74. The first-order valence-corrected chi connectivity index (χ1v) is 11.3. The standard InChI is InChI=1S/C18H22F3N5O2S2/c1-24(2)30(27,28)23-17-11-14(7-8-22-17)12-25-9-10-26(13-25)15-3-5-16(6-4-15)29-18(19,20)21/h3-8,11H,9-10,12-13H2,1-2H3,(H,22,23). The molecule has 1 aromatic heterocycles. The molecule has 2 aromatic rings. The summed E-state index contributed by atoms with van der Waals surface area (Å²) in [5, 5.41) is 0. The van der Waals surface area contributed by atoms with Gasteiger partial charge in [-0.3, -0.25) is 9.62 Å². The van der Waals surface area contributed by atoms with Crippen molar-refractivity contribution < 1.29 is 21.6 Å². The highest BCUT2D eigenvalue weighted by molar-refractivity contribution is 8.00. The average molecular weight is 462 g/mol. The zero-order chi connectivity index (χ0) is 21.9. The second-order valence-corrected chi connectivity index (χ2v) is 9.96. The Morgan fingerprint density at radius 3 is 2.50 bits per heavy atom. The minimum atomic E-state index is -4.30. The fraction of sp³-hybridized carbons (Fsp3) is 0.389. The summed E-state index contributed by atoms with van der Waals surface area (Å²) < 4.78 is 64.8. The van der Waals surface area contributed by atoms with Crippen molar-refractivity contribution in [2.45, 2.75) is 16.9 Å². The molecule has 30 heavy (non-hydrogen) atoms. The average Bonchev–Trinajstić information content (AvgIpc) is 3.09. The van der Waals surface area contributed by atoms with Crippen molar-refractivity contribution in [3.8, 4) is 0 Å². The van der Waals surface area contributed by atoms with Crippen LogP contribution in [0.15, 0.2) is 47.5 Å². The molecule has 1 saturated heterocycles. The third-order valence-electron chi connectivity index (χ3n) is 4.44. The van der Waals surface area contributed by atoms with E-state index in [2.05, 4.69) is 19.5 Å². The molecule has 0 unspecified atom stereocenters. The molecule has 1 aliphatic heterocycles. The first kappa shape index (κ1) is 22.7. The van der Waals surface area contributed by atoms with E-state index in [0.717, 1.165) is 28.6 Å². The highest BCUT2D eigenvalue weighted by Gasteiger charge is 2.29. The number of nitrogens with zero attached hydrogens (tertiary/aromatic N) is 4. The fourth-order valence-electron chi connectivity index (χ4n) is 2.95. The Kier molecular flexibility index (Phi) is 6.80. The lowest BCUT2D eigenvalue weighted by Gasteiger charge is -2.20. The molecule has 164 valence electrons. The molecule has 1 aromatic carbocycles. The second-order valence-electron chi connectivity index (χ2n) is 6.94. The maximum atomic E-state index is 12.5. The molecule has 12 heteroatoms. The molecule has 7 nitrogen and oxygen atoms in total. The molecule has 1 fully saturated rings. The van der Waals surface area contributed by atoms with Crippen LogP contribution in [0.5, 0.6) is 0 Å². The van der Waals surface area contributed by atoms with Gasteiger partial charge in [-0.2, -0.15) is 25.9 Å². The molecule has 1 N–H and O–H groups in total. The lowest BCUT2D eigenvalue weighted by Crippen LogP contribution is -2.29. The molecule has 0 saturated carbocycles. The van der Waals surface area contributed by atoms with Gasteiger partial charge in [0, 0.05) is 50.5 Å². The van der Waals surface area contributed by atoms with Crippen molar-refractivity contribution in [2.24, 2.45) is 0 Å².